The summed E-state index contributed by atoms with van der Waals surface area (Å²) >= 11 is 0. The number of ether oxygens (including phenoxy) is 1. The fourth-order valence-electron chi connectivity index (χ4n) is 3.36. The van der Waals surface area contributed by atoms with Gasteiger partial charge in [0.2, 0.25) is 5.91 Å². The Labute approximate surface area is 148 Å². The van der Waals surface area contributed by atoms with E-state index in [1.807, 2.05) is 22.9 Å². The van der Waals surface area contributed by atoms with Crippen LogP contribution in [0.5, 0.6) is 0 Å². The van der Waals surface area contributed by atoms with Gasteiger partial charge in [-0.05, 0) is 30.4 Å². The molecule has 134 valence electrons. The lowest BCUT2D eigenvalue weighted by Crippen LogP contribution is -2.33. The second-order valence-electron chi connectivity index (χ2n) is 6.57. The van der Waals surface area contributed by atoms with Crippen LogP contribution in [0.1, 0.15) is 44.6 Å². The number of nitrogens with zero attached hydrogens (tertiary/aromatic N) is 3. The van der Waals surface area contributed by atoms with Gasteiger partial charge >= 0.3 is 0 Å². The highest BCUT2D eigenvalue weighted by Gasteiger charge is 2.24. The Morgan fingerprint density at radius 2 is 2.24 bits per heavy atom. The molecule has 2 unspecified atom stereocenters. The molecule has 2 heterocycles. The predicted octanol–water partition coefficient (Wildman–Crippen LogP) is 2.87. The Morgan fingerprint density at radius 1 is 1.36 bits per heavy atom. The van der Waals surface area contributed by atoms with Crippen LogP contribution in [-0.4, -0.2) is 33.2 Å². The highest BCUT2D eigenvalue weighted by molar-refractivity contribution is 5.77. The summed E-state index contributed by atoms with van der Waals surface area (Å²) in [5, 5.41) is 2.90. The monoisotopic (exact) mass is 342 g/mol. The summed E-state index contributed by atoms with van der Waals surface area (Å²) in [6.45, 7) is 2.80. The fourth-order valence-corrected chi connectivity index (χ4v) is 3.36. The van der Waals surface area contributed by atoms with Gasteiger partial charge in [0.05, 0.1) is 6.10 Å². The summed E-state index contributed by atoms with van der Waals surface area (Å²) < 4.78 is 7.70. The average molecular weight is 342 g/mol. The molecule has 0 bridgehead atoms. The zero-order chi connectivity index (χ0) is 17.5. The van der Waals surface area contributed by atoms with Crippen LogP contribution in [0, 0.1) is 5.92 Å². The fraction of sp³-hybridized carbons (Fsp3) is 0.526. The van der Waals surface area contributed by atoms with Crippen LogP contribution in [0.2, 0.25) is 0 Å². The van der Waals surface area contributed by atoms with Gasteiger partial charge in [0, 0.05) is 25.1 Å². The molecule has 1 fully saturated rings. The highest BCUT2D eigenvalue weighted by Crippen LogP contribution is 2.28. The smallest absolute Gasteiger partial charge is 0.246 e. The van der Waals surface area contributed by atoms with E-state index in [2.05, 4.69) is 22.2 Å². The van der Waals surface area contributed by atoms with E-state index in [1.165, 1.54) is 19.3 Å². The number of carbonyl (C=O) groups excluding carboxylic acids is 1. The predicted molar refractivity (Wildman–Crippen MR) is 95.2 cm³/mol. The summed E-state index contributed by atoms with van der Waals surface area (Å²) in [7, 11) is 0. The van der Waals surface area contributed by atoms with Gasteiger partial charge in [-0.15, -0.1) is 0 Å². The number of carbonyl (C=O) groups is 1. The van der Waals surface area contributed by atoms with Crippen molar-refractivity contribution in [1.29, 1.82) is 0 Å². The third-order valence-electron chi connectivity index (χ3n) is 4.86. The van der Waals surface area contributed by atoms with Crippen molar-refractivity contribution < 1.29 is 9.53 Å². The lowest BCUT2D eigenvalue weighted by Gasteiger charge is -2.30. The van der Waals surface area contributed by atoms with Crippen molar-refractivity contribution in [3.8, 4) is 5.82 Å². The summed E-state index contributed by atoms with van der Waals surface area (Å²) in [6, 6.07) is 3.87. The van der Waals surface area contributed by atoms with Crippen LogP contribution in [-0.2, 0) is 16.1 Å². The van der Waals surface area contributed by atoms with Crippen molar-refractivity contribution in [1.82, 2.24) is 19.9 Å². The van der Waals surface area contributed by atoms with E-state index in [9.17, 15) is 4.79 Å². The number of rotatable bonds is 7. The zero-order valence-corrected chi connectivity index (χ0v) is 14.7. The van der Waals surface area contributed by atoms with Gasteiger partial charge in [0.1, 0.15) is 18.8 Å². The molecule has 1 amide bonds. The number of nitrogens with one attached hydrogen (secondary N) is 1. The van der Waals surface area contributed by atoms with Gasteiger partial charge in [-0.1, -0.05) is 32.3 Å². The first-order valence-electron chi connectivity index (χ1n) is 9.08. The minimum absolute atomic E-state index is 0.0703. The van der Waals surface area contributed by atoms with Crippen LogP contribution < -0.4 is 5.32 Å². The van der Waals surface area contributed by atoms with Crippen LogP contribution in [0.15, 0.2) is 37.1 Å². The van der Waals surface area contributed by atoms with Gasteiger partial charge in [-0.3, -0.25) is 9.36 Å². The largest absolute Gasteiger partial charge is 0.368 e. The quantitative estimate of drug-likeness (QED) is 0.840. The summed E-state index contributed by atoms with van der Waals surface area (Å²) in [5.41, 5.74) is 0.960. The molecule has 0 aliphatic heterocycles. The Balaban J connectivity index is 1.43. The topological polar surface area (TPSA) is 69.0 Å². The first-order chi connectivity index (χ1) is 12.3. The molecule has 0 radical (unpaired) electrons. The molecule has 2 atom stereocenters. The summed E-state index contributed by atoms with van der Waals surface area (Å²) in [6.07, 6.45) is 13.2. The van der Waals surface area contributed by atoms with E-state index in [1.54, 1.807) is 18.7 Å². The molecule has 1 saturated carbocycles. The summed E-state index contributed by atoms with van der Waals surface area (Å²) in [5.74, 6) is 1.33. The number of amides is 1. The molecule has 1 aliphatic carbocycles. The number of aromatic nitrogens is 3. The second kappa shape index (κ2) is 8.76. The molecule has 2 aromatic heterocycles. The van der Waals surface area contributed by atoms with E-state index in [-0.39, 0.29) is 18.6 Å². The van der Waals surface area contributed by atoms with Crippen molar-refractivity contribution >= 4 is 5.91 Å². The molecular weight excluding hydrogens is 316 g/mol. The third kappa shape index (κ3) is 4.89. The molecule has 1 N–H and O–H groups in total. The number of pyridine rings is 1. The summed E-state index contributed by atoms with van der Waals surface area (Å²) in [4.78, 5) is 20.4. The Hall–Kier alpha value is -2.21. The van der Waals surface area contributed by atoms with E-state index < -0.39 is 0 Å². The third-order valence-corrected chi connectivity index (χ3v) is 4.86. The molecule has 25 heavy (non-hydrogen) atoms. The van der Waals surface area contributed by atoms with Gasteiger partial charge in [-0.2, -0.15) is 0 Å². The molecule has 6 heteroatoms. The Bertz CT molecular complexity index is 655. The molecule has 0 saturated heterocycles. The van der Waals surface area contributed by atoms with Gasteiger partial charge < -0.3 is 10.1 Å². The van der Waals surface area contributed by atoms with E-state index in [4.69, 9.17) is 4.74 Å². The van der Waals surface area contributed by atoms with Crippen LogP contribution >= 0.6 is 0 Å². The molecule has 6 nitrogen and oxygen atoms in total. The van der Waals surface area contributed by atoms with Crippen molar-refractivity contribution in [3.63, 3.8) is 0 Å². The Morgan fingerprint density at radius 3 is 2.96 bits per heavy atom. The van der Waals surface area contributed by atoms with Crippen LogP contribution in [0.4, 0.5) is 0 Å². The maximum atomic E-state index is 12.0. The van der Waals surface area contributed by atoms with Crippen molar-refractivity contribution in [3.05, 3.63) is 42.6 Å². The molecule has 1 aliphatic rings. The lowest BCUT2D eigenvalue weighted by molar-refractivity contribution is -0.130. The average Bonchev–Trinajstić information content (AvgIpc) is 3.20. The van der Waals surface area contributed by atoms with Gasteiger partial charge in [0.25, 0.3) is 0 Å². The second-order valence-corrected chi connectivity index (χ2v) is 6.57. The Kier molecular flexibility index (Phi) is 6.17. The van der Waals surface area contributed by atoms with E-state index in [0.29, 0.717) is 12.5 Å². The number of hydrogen-bond donors (Lipinski definition) is 1. The molecule has 0 aromatic carbocycles. The van der Waals surface area contributed by atoms with E-state index >= 15 is 0 Å². The normalized spacial score (nSPS) is 20.4. The number of hydrogen-bond acceptors (Lipinski definition) is 4. The van der Waals surface area contributed by atoms with E-state index in [0.717, 1.165) is 24.2 Å². The first kappa shape index (κ1) is 17.6. The molecule has 0 spiro atoms. The number of imidazole rings is 1. The SMILES string of the molecule is CCC1CCCCC1OCC(=O)NCc1ccc(-n2ccnc2)nc1. The molecule has 3 rings (SSSR count). The maximum absolute atomic E-state index is 12.0. The van der Waals surface area contributed by atoms with Crippen molar-refractivity contribution in [2.75, 3.05) is 6.61 Å². The molecular formula is C19H26N4O2. The maximum Gasteiger partial charge on any atom is 0.246 e. The van der Waals surface area contributed by atoms with Crippen molar-refractivity contribution in [2.24, 2.45) is 5.92 Å². The standard InChI is InChI=1S/C19H26N4O2/c1-2-16-5-3-4-6-17(16)25-13-19(24)22-12-15-7-8-18(21-11-15)23-10-9-20-14-23/h7-11,14,16-17H,2-6,12-13H2,1H3,(H,22,24). The van der Waals surface area contributed by atoms with Crippen LogP contribution in [0.3, 0.4) is 0 Å². The zero-order valence-electron chi connectivity index (χ0n) is 14.7. The molecule has 2 aromatic rings. The highest BCUT2D eigenvalue weighted by atomic mass is 16.5. The van der Waals surface area contributed by atoms with Gasteiger partial charge in [0.15, 0.2) is 0 Å². The van der Waals surface area contributed by atoms with Crippen molar-refractivity contribution in [2.45, 2.75) is 51.7 Å². The van der Waals surface area contributed by atoms with Crippen LogP contribution in [0.25, 0.3) is 5.82 Å². The minimum Gasteiger partial charge on any atom is -0.368 e. The minimum atomic E-state index is -0.0703. The van der Waals surface area contributed by atoms with Gasteiger partial charge in [-0.25, -0.2) is 9.97 Å². The lowest BCUT2D eigenvalue weighted by atomic mass is 9.85. The first-order valence-corrected chi connectivity index (χ1v) is 9.08.